The quantitative estimate of drug-likeness (QED) is 0.394. The molecule has 0 saturated carbocycles. The molecule has 2 aromatic carbocycles. The summed E-state index contributed by atoms with van der Waals surface area (Å²) in [6, 6.07) is 8.98. The van der Waals surface area contributed by atoms with Gasteiger partial charge in [-0.1, -0.05) is 0 Å². The summed E-state index contributed by atoms with van der Waals surface area (Å²) in [7, 11) is 4.55. The Bertz CT molecular complexity index is 825. The highest BCUT2D eigenvalue weighted by Gasteiger charge is 2.18. The molecule has 0 bridgehead atoms. The predicted octanol–water partition coefficient (Wildman–Crippen LogP) is 2.92. The molecular weight excluding hydrogens is 354 g/mol. The fourth-order valence-electron chi connectivity index (χ4n) is 2.37. The van der Waals surface area contributed by atoms with Crippen LogP contribution in [0.15, 0.2) is 36.4 Å². The molecule has 9 nitrogen and oxygen atoms in total. The number of nitrogens with zero attached hydrogens (tertiary/aromatic N) is 1. The number of nitrogens with one attached hydrogen (secondary N) is 2. The molecule has 0 aliphatic rings. The van der Waals surface area contributed by atoms with Gasteiger partial charge < -0.3 is 24.8 Å². The van der Waals surface area contributed by atoms with Crippen LogP contribution in [-0.4, -0.2) is 45.3 Å². The normalized spacial score (nSPS) is 10.2. The van der Waals surface area contributed by atoms with E-state index in [9.17, 15) is 14.9 Å². The monoisotopic (exact) mass is 375 g/mol. The van der Waals surface area contributed by atoms with E-state index in [0.717, 1.165) is 0 Å². The first-order valence-corrected chi connectivity index (χ1v) is 8.04. The molecule has 0 heterocycles. The van der Waals surface area contributed by atoms with E-state index < -0.39 is 10.8 Å². The van der Waals surface area contributed by atoms with Crippen LogP contribution in [0.2, 0.25) is 0 Å². The maximum absolute atomic E-state index is 12.8. The van der Waals surface area contributed by atoms with Crippen LogP contribution in [0, 0.1) is 10.1 Å². The Morgan fingerprint density at radius 2 is 1.81 bits per heavy atom. The summed E-state index contributed by atoms with van der Waals surface area (Å²) in [5, 5.41) is 16.8. The highest BCUT2D eigenvalue weighted by atomic mass is 16.6. The number of rotatable bonds is 9. The Labute approximate surface area is 156 Å². The molecule has 144 valence electrons. The van der Waals surface area contributed by atoms with Gasteiger partial charge in [-0.25, -0.2) is 0 Å². The van der Waals surface area contributed by atoms with Crippen LogP contribution in [0.25, 0.3) is 0 Å². The number of nitro groups is 1. The summed E-state index contributed by atoms with van der Waals surface area (Å²) < 4.78 is 15.4. The van der Waals surface area contributed by atoms with E-state index in [1.54, 1.807) is 25.3 Å². The number of hydrogen-bond acceptors (Lipinski definition) is 7. The minimum Gasteiger partial charge on any atom is -0.497 e. The standard InChI is InChI=1S/C18H21N3O6/c1-25-9-8-19-15-6-4-12(21(23)24)10-14(15)18(22)20-16-7-5-13(26-2)11-17(16)27-3/h4-7,10-11,19H,8-9H2,1-3H3,(H,20,22). The van der Waals surface area contributed by atoms with Crippen LogP contribution in [0.1, 0.15) is 10.4 Å². The van der Waals surface area contributed by atoms with Crippen molar-refractivity contribution in [1.29, 1.82) is 0 Å². The van der Waals surface area contributed by atoms with E-state index in [4.69, 9.17) is 14.2 Å². The topological polar surface area (TPSA) is 112 Å². The number of carbonyl (C=O) groups excluding carboxylic acids is 1. The number of benzene rings is 2. The maximum Gasteiger partial charge on any atom is 0.270 e. The molecule has 0 aromatic heterocycles. The number of ether oxygens (including phenoxy) is 3. The second-order valence-corrected chi connectivity index (χ2v) is 5.43. The molecule has 0 atom stereocenters. The number of nitro benzene ring substituents is 1. The SMILES string of the molecule is COCCNc1ccc([N+](=O)[O-])cc1C(=O)Nc1ccc(OC)cc1OC. The van der Waals surface area contributed by atoms with Gasteiger partial charge in [-0.3, -0.25) is 14.9 Å². The van der Waals surface area contributed by atoms with Crippen LogP contribution in [-0.2, 0) is 4.74 Å². The van der Waals surface area contributed by atoms with Crippen molar-refractivity contribution >= 4 is 23.0 Å². The van der Waals surface area contributed by atoms with Crippen LogP contribution < -0.4 is 20.1 Å². The lowest BCUT2D eigenvalue weighted by Gasteiger charge is -2.14. The Balaban J connectivity index is 2.33. The van der Waals surface area contributed by atoms with Crippen molar-refractivity contribution in [2.75, 3.05) is 45.1 Å². The first kappa shape index (κ1) is 20.0. The van der Waals surface area contributed by atoms with Crippen molar-refractivity contribution in [1.82, 2.24) is 0 Å². The van der Waals surface area contributed by atoms with E-state index >= 15 is 0 Å². The van der Waals surface area contributed by atoms with Gasteiger partial charge in [-0.15, -0.1) is 0 Å². The average Bonchev–Trinajstić information content (AvgIpc) is 2.68. The van der Waals surface area contributed by atoms with E-state index in [-0.39, 0.29) is 11.3 Å². The third-order valence-corrected chi connectivity index (χ3v) is 3.74. The van der Waals surface area contributed by atoms with Gasteiger partial charge in [0.1, 0.15) is 11.5 Å². The molecule has 0 aliphatic heterocycles. The third kappa shape index (κ3) is 5.08. The molecular formula is C18H21N3O6. The lowest BCUT2D eigenvalue weighted by molar-refractivity contribution is -0.384. The van der Waals surface area contributed by atoms with Gasteiger partial charge in [-0.05, 0) is 18.2 Å². The summed E-state index contributed by atoms with van der Waals surface area (Å²) in [4.78, 5) is 23.3. The highest BCUT2D eigenvalue weighted by molar-refractivity contribution is 6.09. The minimum atomic E-state index is -0.552. The lowest BCUT2D eigenvalue weighted by atomic mass is 10.1. The number of carbonyl (C=O) groups is 1. The number of anilines is 2. The van der Waals surface area contributed by atoms with E-state index in [1.165, 1.54) is 32.4 Å². The van der Waals surface area contributed by atoms with Gasteiger partial charge in [0, 0.05) is 37.5 Å². The van der Waals surface area contributed by atoms with Crippen LogP contribution in [0.5, 0.6) is 11.5 Å². The van der Waals surface area contributed by atoms with Crippen molar-refractivity contribution < 1.29 is 23.9 Å². The second kappa shape index (κ2) is 9.39. The van der Waals surface area contributed by atoms with Gasteiger partial charge in [0.25, 0.3) is 11.6 Å². The number of methoxy groups -OCH3 is 3. The number of amides is 1. The van der Waals surface area contributed by atoms with Crippen molar-refractivity contribution in [3.8, 4) is 11.5 Å². The molecule has 0 spiro atoms. The van der Waals surface area contributed by atoms with Crippen molar-refractivity contribution in [3.05, 3.63) is 52.1 Å². The van der Waals surface area contributed by atoms with Gasteiger partial charge in [0.2, 0.25) is 0 Å². The average molecular weight is 375 g/mol. The molecule has 27 heavy (non-hydrogen) atoms. The van der Waals surface area contributed by atoms with E-state index in [0.29, 0.717) is 36.0 Å². The first-order valence-electron chi connectivity index (χ1n) is 8.04. The first-order chi connectivity index (χ1) is 13.0. The molecule has 0 unspecified atom stereocenters. The van der Waals surface area contributed by atoms with Gasteiger partial charge in [0.05, 0.1) is 37.0 Å². The van der Waals surface area contributed by atoms with Crippen molar-refractivity contribution in [2.45, 2.75) is 0 Å². The largest absolute Gasteiger partial charge is 0.497 e. The zero-order valence-electron chi connectivity index (χ0n) is 15.3. The van der Waals surface area contributed by atoms with Crippen LogP contribution >= 0.6 is 0 Å². The number of hydrogen-bond donors (Lipinski definition) is 2. The molecule has 0 fully saturated rings. The molecule has 2 aromatic rings. The summed E-state index contributed by atoms with van der Waals surface area (Å²) in [5.41, 5.74) is 0.831. The number of non-ortho nitro benzene ring substituents is 1. The molecule has 2 rings (SSSR count). The molecule has 0 aliphatic carbocycles. The Hall–Kier alpha value is -3.33. The maximum atomic E-state index is 12.8. The zero-order valence-corrected chi connectivity index (χ0v) is 15.3. The second-order valence-electron chi connectivity index (χ2n) is 5.43. The van der Waals surface area contributed by atoms with Crippen molar-refractivity contribution in [3.63, 3.8) is 0 Å². The fourth-order valence-corrected chi connectivity index (χ4v) is 2.37. The predicted molar refractivity (Wildman–Crippen MR) is 101 cm³/mol. The Morgan fingerprint density at radius 3 is 2.44 bits per heavy atom. The highest BCUT2D eigenvalue weighted by Crippen LogP contribution is 2.30. The van der Waals surface area contributed by atoms with E-state index in [1.807, 2.05) is 0 Å². The zero-order chi connectivity index (χ0) is 19.8. The summed E-state index contributed by atoms with van der Waals surface area (Å²) >= 11 is 0. The van der Waals surface area contributed by atoms with E-state index in [2.05, 4.69) is 10.6 Å². The summed E-state index contributed by atoms with van der Waals surface area (Å²) in [5.74, 6) is 0.464. The molecule has 9 heteroatoms. The molecule has 2 N–H and O–H groups in total. The summed E-state index contributed by atoms with van der Waals surface area (Å²) in [6.07, 6.45) is 0. The smallest absolute Gasteiger partial charge is 0.270 e. The van der Waals surface area contributed by atoms with Crippen LogP contribution in [0.4, 0.5) is 17.1 Å². The molecule has 0 saturated heterocycles. The van der Waals surface area contributed by atoms with Gasteiger partial charge in [-0.2, -0.15) is 0 Å². The minimum absolute atomic E-state index is 0.137. The fraction of sp³-hybridized carbons (Fsp3) is 0.278. The summed E-state index contributed by atoms with van der Waals surface area (Å²) in [6.45, 7) is 0.866. The molecule has 1 amide bonds. The Morgan fingerprint density at radius 1 is 1.07 bits per heavy atom. The van der Waals surface area contributed by atoms with Crippen LogP contribution in [0.3, 0.4) is 0 Å². The van der Waals surface area contributed by atoms with Gasteiger partial charge in [0.15, 0.2) is 0 Å². The van der Waals surface area contributed by atoms with Gasteiger partial charge >= 0.3 is 0 Å². The molecule has 0 radical (unpaired) electrons. The lowest BCUT2D eigenvalue weighted by Crippen LogP contribution is -2.17. The Kier molecular flexibility index (Phi) is 6.95. The third-order valence-electron chi connectivity index (χ3n) is 3.74. The van der Waals surface area contributed by atoms with Crippen molar-refractivity contribution in [2.24, 2.45) is 0 Å².